The second kappa shape index (κ2) is 10.1. The van der Waals surface area contributed by atoms with Crippen molar-refractivity contribution >= 4 is 17.2 Å². The second-order valence-electron chi connectivity index (χ2n) is 7.46. The van der Waals surface area contributed by atoms with Crippen LogP contribution in [0.2, 0.25) is 0 Å². The van der Waals surface area contributed by atoms with Gasteiger partial charge in [0.2, 0.25) is 0 Å². The van der Waals surface area contributed by atoms with Gasteiger partial charge in [0.15, 0.2) is 0 Å². The lowest BCUT2D eigenvalue weighted by Gasteiger charge is -2.19. The van der Waals surface area contributed by atoms with Gasteiger partial charge in [0.05, 0.1) is 34.1 Å². The molecule has 0 bridgehead atoms. The molecule has 32 heavy (non-hydrogen) atoms. The molecule has 0 heterocycles. The fraction of sp³-hybridized carbons (Fsp3) is 0.269. The Morgan fingerprint density at radius 2 is 1.25 bits per heavy atom. The zero-order chi connectivity index (χ0) is 23.3. The molecule has 0 unspecified atom stereocenters. The van der Waals surface area contributed by atoms with Crippen LogP contribution in [0, 0.1) is 20.8 Å². The van der Waals surface area contributed by atoms with E-state index in [-0.39, 0.29) is 0 Å². The minimum atomic E-state index is 0.618. The van der Waals surface area contributed by atoms with Crippen LogP contribution >= 0.6 is 0 Å². The molecular formula is C26H30N2O4. The minimum Gasteiger partial charge on any atom is -0.497 e. The summed E-state index contributed by atoms with van der Waals surface area (Å²) in [6, 6.07) is 15.5. The first-order chi connectivity index (χ1) is 15.4. The average Bonchev–Trinajstić information content (AvgIpc) is 2.78. The standard InChI is InChI=1S/C26H30N2O4/c1-16-12-17(2)25(18(3)13-16)26(27-21-10-8-19(29-4)14-23(21)31-6)28-22-11-9-20(30-5)15-24(22)32-7/h8-15H,1-7H3,(H,27,28). The first kappa shape index (κ1) is 23.0. The molecule has 6 nitrogen and oxygen atoms in total. The predicted molar refractivity (Wildman–Crippen MR) is 130 cm³/mol. The lowest BCUT2D eigenvalue weighted by molar-refractivity contribution is 0.395. The van der Waals surface area contributed by atoms with E-state index in [1.165, 1.54) is 5.56 Å². The van der Waals surface area contributed by atoms with Crippen LogP contribution in [0.5, 0.6) is 23.0 Å². The van der Waals surface area contributed by atoms with Crippen molar-refractivity contribution in [1.29, 1.82) is 0 Å². The molecule has 0 spiro atoms. The van der Waals surface area contributed by atoms with E-state index in [0.29, 0.717) is 34.5 Å². The van der Waals surface area contributed by atoms with Crippen LogP contribution in [-0.2, 0) is 0 Å². The Hall–Kier alpha value is -3.67. The summed E-state index contributed by atoms with van der Waals surface area (Å²) in [5.41, 5.74) is 5.92. The maximum Gasteiger partial charge on any atom is 0.148 e. The molecule has 3 aromatic carbocycles. The third-order valence-corrected chi connectivity index (χ3v) is 5.19. The lowest BCUT2D eigenvalue weighted by atomic mass is 9.98. The topological polar surface area (TPSA) is 61.3 Å². The lowest BCUT2D eigenvalue weighted by Crippen LogP contribution is -2.17. The molecular weight excluding hydrogens is 404 g/mol. The van der Waals surface area contributed by atoms with Gasteiger partial charge in [0.25, 0.3) is 0 Å². The summed E-state index contributed by atoms with van der Waals surface area (Å²) < 4.78 is 21.8. The molecule has 0 radical (unpaired) electrons. The van der Waals surface area contributed by atoms with Crippen molar-refractivity contribution in [3.63, 3.8) is 0 Å². The highest BCUT2D eigenvalue weighted by Crippen LogP contribution is 2.34. The van der Waals surface area contributed by atoms with Gasteiger partial charge in [-0.25, -0.2) is 4.99 Å². The minimum absolute atomic E-state index is 0.618. The van der Waals surface area contributed by atoms with Crippen molar-refractivity contribution < 1.29 is 18.9 Å². The molecule has 0 saturated heterocycles. The van der Waals surface area contributed by atoms with E-state index < -0.39 is 0 Å². The molecule has 3 aromatic rings. The first-order valence-electron chi connectivity index (χ1n) is 10.3. The highest BCUT2D eigenvalue weighted by atomic mass is 16.5. The van der Waals surface area contributed by atoms with Gasteiger partial charge in [-0.1, -0.05) is 17.7 Å². The van der Waals surface area contributed by atoms with Gasteiger partial charge in [-0.05, 0) is 56.2 Å². The third kappa shape index (κ3) is 4.97. The number of hydrogen-bond acceptors (Lipinski definition) is 5. The Bertz CT molecular complexity index is 1120. The Morgan fingerprint density at radius 3 is 1.81 bits per heavy atom. The van der Waals surface area contributed by atoms with Crippen LogP contribution < -0.4 is 24.3 Å². The number of ether oxygens (including phenoxy) is 4. The highest BCUT2D eigenvalue weighted by molar-refractivity contribution is 6.12. The van der Waals surface area contributed by atoms with Gasteiger partial charge < -0.3 is 24.3 Å². The van der Waals surface area contributed by atoms with Crippen LogP contribution in [0.4, 0.5) is 11.4 Å². The zero-order valence-electron chi connectivity index (χ0n) is 19.7. The van der Waals surface area contributed by atoms with Crippen molar-refractivity contribution in [3.05, 3.63) is 70.8 Å². The summed E-state index contributed by atoms with van der Waals surface area (Å²) in [7, 11) is 6.50. The Labute approximate surface area is 189 Å². The summed E-state index contributed by atoms with van der Waals surface area (Å²) in [6.07, 6.45) is 0. The fourth-order valence-electron chi connectivity index (χ4n) is 3.73. The maximum absolute atomic E-state index is 5.59. The van der Waals surface area contributed by atoms with E-state index in [9.17, 15) is 0 Å². The molecule has 0 aliphatic rings. The number of amidine groups is 1. The van der Waals surface area contributed by atoms with Crippen LogP contribution in [0.3, 0.4) is 0 Å². The van der Waals surface area contributed by atoms with Crippen molar-refractivity contribution in [3.8, 4) is 23.0 Å². The summed E-state index contributed by atoms with van der Waals surface area (Å²) in [5.74, 6) is 3.38. The number of hydrogen-bond donors (Lipinski definition) is 1. The van der Waals surface area contributed by atoms with E-state index in [1.54, 1.807) is 28.4 Å². The van der Waals surface area contributed by atoms with Crippen molar-refractivity contribution in [2.75, 3.05) is 33.8 Å². The highest BCUT2D eigenvalue weighted by Gasteiger charge is 2.16. The number of methoxy groups -OCH3 is 4. The molecule has 6 heteroatoms. The van der Waals surface area contributed by atoms with Gasteiger partial charge in [0, 0.05) is 17.7 Å². The smallest absolute Gasteiger partial charge is 0.148 e. The van der Waals surface area contributed by atoms with Crippen molar-refractivity contribution in [1.82, 2.24) is 0 Å². The van der Waals surface area contributed by atoms with Crippen LogP contribution in [-0.4, -0.2) is 34.3 Å². The molecule has 0 aliphatic carbocycles. The number of aryl methyl sites for hydroxylation is 3. The largest absolute Gasteiger partial charge is 0.497 e. The predicted octanol–water partition coefficient (Wildman–Crippen LogP) is 5.84. The number of nitrogens with one attached hydrogen (secondary N) is 1. The number of aliphatic imine (C=N–C) groups is 1. The van der Waals surface area contributed by atoms with Crippen LogP contribution in [0.15, 0.2) is 53.5 Å². The Balaban J connectivity index is 2.19. The second-order valence-corrected chi connectivity index (χ2v) is 7.46. The number of benzene rings is 3. The summed E-state index contributed by atoms with van der Waals surface area (Å²) in [4.78, 5) is 4.98. The van der Waals surface area contributed by atoms with Crippen molar-refractivity contribution in [2.45, 2.75) is 20.8 Å². The molecule has 0 aromatic heterocycles. The molecule has 168 valence electrons. The molecule has 0 amide bonds. The van der Waals surface area contributed by atoms with E-state index in [2.05, 4.69) is 38.2 Å². The molecule has 0 aliphatic heterocycles. The van der Waals surface area contributed by atoms with Gasteiger partial charge in [-0.2, -0.15) is 0 Å². The molecule has 1 N–H and O–H groups in total. The fourth-order valence-corrected chi connectivity index (χ4v) is 3.73. The van der Waals surface area contributed by atoms with E-state index >= 15 is 0 Å². The maximum atomic E-state index is 5.59. The number of anilines is 1. The Kier molecular flexibility index (Phi) is 7.25. The van der Waals surface area contributed by atoms with E-state index in [1.807, 2.05) is 36.4 Å². The quantitative estimate of drug-likeness (QED) is 0.374. The Morgan fingerprint density at radius 1 is 0.688 bits per heavy atom. The van der Waals surface area contributed by atoms with E-state index in [4.69, 9.17) is 23.9 Å². The monoisotopic (exact) mass is 434 g/mol. The van der Waals surface area contributed by atoms with Crippen molar-refractivity contribution in [2.24, 2.45) is 4.99 Å². The summed E-state index contributed by atoms with van der Waals surface area (Å²) in [5, 5.41) is 3.48. The summed E-state index contributed by atoms with van der Waals surface area (Å²) >= 11 is 0. The average molecular weight is 435 g/mol. The number of nitrogens with zero attached hydrogens (tertiary/aromatic N) is 1. The summed E-state index contributed by atoms with van der Waals surface area (Å²) in [6.45, 7) is 6.26. The number of rotatable bonds is 7. The van der Waals surface area contributed by atoms with E-state index in [0.717, 1.165) is 22.4 Å². The van der Waals surface area contributed by atoms with Crippen LogP contribution in [0.25, 0.3) is 0 Å². The normalized spacial score (nSPS) is 11.2. The van der Waals surface area contributed by atoms with Gasteiger partial charge in [0.1, 0.15) is 34.5 Å². The van der Waals surface area contributed by atoms with Crippen LogP contribution in [0.1, 0.15) is 22.3 Å². The molecule has 0 atom stereocenters. The van der Waals surface area contributed by atoms with Gasteiger partial charge in [-0.15, -0.1) is 0 Å². The van der Waals surface area contributed by atoms with Gasteiger partial charge >= 0.3 is 0 Å². The third-order valence-electron chi connectivity index (χ3n) is 5.19. The molecule has 3 rings (SSSR count). The molecule has 0 fully saturated rings. The molecule has 0 saturated carbocycles. The SMILES string of the molecule is COc1ccc(N=C(Nc2ccc(OC)cc2OC)c2c(C)cc(C)cc2C)c(OC)c1. The zero-order valence-corrected chi connectivity index (χ0v) is 19.7. The first-order valence-corrected chi connectivity index (χ1v) is 10.3. The van der Waals surface area contributed by atoms with Gasteiger partial charge in [-0.3, -0.25) is 0 Å².